The second-order valence-electron chi connectivity index (χ2n) is 9.69. The number of nitrogens with zero attached hydrogens (tertiary/aromatic N) is 2. The molecule has 1 N–H and O–H groups in total. The van der Waals surface area contributed by atoms with Crippen LogP contribution in [0.3, 0.4) is 0 Å². The molecule has 1 unspecified atom stereocenters. The Labute approximate surface area is 210 Å². The number of imide groups is 1. The standard InChI is InChI=1S/C28H31N3O5/c1-2-18-7-3-4-9-22(18)27(34)30-14-6-5-8-20(30)17-36-21-10-11-23-19(15-21)16-31(28(23)35)24-12-13-25(32)29-26(24)33/h3-4,7,9-11,15,20,24H,2,5-6,8,12-14,16-17H2,1H3,(H,29,32,33)/t20-,24?/m0/s1. The maximum Gasteiger partial charge on any atom is 0.255 e. The summed E-state index contributed by atoms with van der Waals surface area (Å²) in [6.07, 6.45) is 4.28. The first kappa shape index (κ1) is 24.0. The zero-order chi connectivity index (χ0) is 25.2. The summed E-state index contributed by atoms with van der Waals surface area (Å²) in [5.74, 6) is -0.233. The maximum atomic E-state index is 13.4. The van der Waals surface area contributed by atoms with E-state index in [1.54, 1.807) is 12.1 Å². The van der Waals surface area contributed by atoms with Crippen molar-refractivity contribution in [3.05, 3.63) is 64.7 Å². The summed E-state index contributed by atoms with van der Waals surface area (Å²) in [6, 6.07) is 12.5. The van der Waals surface area contributed by atoms with Gasteiger partial charge >= 0.3 is 0 Å². The number of aryl methyl sites for hydroxylation is 1. The number of ether oxygens (including phenoxy) is 1. The first-order chi connectivity index (χ1) is 17.5. The van der Waals surface area contributed by atoms with Crippen LogP contribution in [0.1, 0.15) is 70.9 Å². The van der Waals surface area contributed by atoms with E-state index in [0.29, 0.717) is 37.4 Å². The molecule has 3 aliphatic heterocycles. The smallest absolute Gasteiger partial charge is 0.255 e. The van der Waals surface area contributed by atoms with Crippen LogP contribution in [0.15, 0.2) is 42.5 Å². The normalized spacial score (nSPS) is 21.9. The zero-order valence-electron chi connectivity index (χ0n) is 20.5. The molecular formula is C28H31N3O5. The molecule has 2 fully saturated rings. The Morgan fingerprint density at radius 2 is 1.92 bits per heavy atom. The second-order valence-corrected chi connectivity index (χ2v) is 9.69. The van der Waals surface area contributed by atoms with Crippen molar-refractivity contribution < 1.29 is 23.9 Å². The number of carbonyl (C=O) groups is 4. The molecule has 2 atom stereocenters. The molecule has 3 heterocycles. The first-order valence-electron chi connectivity index (χ1n) is 12.8. The Kier molecular flexibility index (Phi) is 6.76. The highest BCUT2D eigenvalue weighted by molar-refractivity contribution is 6.05. The van der Waals surface area contributed by atoms with Crippen LogP contribution in [0.4, 0.5) is 0 Å². The van der Waals surface area contributed by atoms with Gasteiger partial charge < -0.3 is 14.5 Å². The van der Waals surface area contributed by atoms with Crippen molar-refractivity contribution >= 4 is 23.6 Å². The van der Waals surface area contributed by atoms with Crippen molar-refractivity contribution in [2.24, 2.45) is 0 Å². The molecule has 0 spiro atoms. The van der Waals surface area contributed by atoms with Crippen molar-refractivity contribution in [1.29, 1.82) is 0 Å². The highest BCUT2D eigenvalue weighted by Gasteiger charge is 2.39. The van der Waals surface area contributed by atoms with Gasteiger partial charge in [-0.05, 0) is 67.5 Å². The molecule has 2 saturated heterocycles. The van der Waals surface area contributed by atoms with E-state index in [4.69, 9.17) is 4.74 Å². The van der Waals surface area contributed by atoms with Crippen molar-refractivity contribution in [3.8, 4) is 5.75 Å². The van der Waals surface area contributed by atoms with Gasteiger partial charge in [-0.25, -0.2) is 0 Å². The summed E-state index contributed by atoms with van der Waals surface area (Å²) in [6.45, 7) is 3.45. The number of fused-ring (bicyclic) bond motifs is 1. The average Bonchev–Trinajstić information content (AvgIpc) is 3.22. The van der Waals surface area contributed by atoms with Crippen molar-refractivity contribution in [2.45, 2.75) is 64.1 Å². The monoisotopic (exact) mass is 489 g/mol. The summed E-state index contributed by atoms with van der Waals surface area (Å²) < 4.78 is 6.15. The third-order valence-corrected chi connectivity index (χ3v) is 7.45. The number of hydrogen-bond acceptors (Lipinski definition) is 5. The van der Waals surface area contributed by atoms with Gasteiger partial charge in [-0.1, -0.05) is 25.1 Å². The summed E-state index contributed by atoms with van der Waals surface area (Å²) in [4.78, 5) is 53.6. The van der Waals surface area contributed by atoms with Gasteiger partial charge in [0.2, 0.25) is 11.8 Å². The van der Waals surface area contributed by atoms with E-state index in [0.717, 1.165) is 42.4 Å². The van der Waals surface area contributed by atoms with Crippen molar-refractivity contribution in [3.63, 3.8) is 0 Å². The van der Waals surface area contributed by atoms with Crippen LogP contribution in [0.5, 0.6) is 5.75 Å². The highest BCUT2D eigenvalue weighted by atomic mass is 16.5. The summed E-state index contributed by atoms with van der Waals surface area (Å²) in [7, 11) is 0. The van der Waals surface area contributed by atoms with Gasteiger partial charge in [0.15, 0.2) is 0 Å². The van der Waals surface area contributed by atoms with Gasteiger partial charge in [-0.2, -0.15) is 0 Å². The fourth-order valence-electron chi connectivity index (χ4n) is 5.47. The maximum absolute atomic E-state index is 13.4. The fourth-order valence-corrected chi connectivity index (χ4v) is 5.47. The van der Waals surface area contributed by atoms with E-state index in [1.807, 2.05) is 35.2 Å². The number of benzene rings is 2. The predicted octanol–water partition coefficient (Wildman–Crippen LogP) is 3.08. The molecule has 36 heavy (non-hydrogen) atoms. The predicted molar refractivity (Wildman–Crippen MR) is 132 cm³/mol. The van der Waals surface area contributed by atoms with Crippen LogP contribution >= 0.6 is 0 Å². The van der Waals surface area contributed by atoms with E-state index in [1.165, 1.54) is 4.90 Å². The Bertz CT molecular complexity index is 1210. The Morgan fingerprint density at radius 3 is 2.72 bits per heavy atom. The minimum atomic E-state index is -0.639. The molecule has 0 radical (unpaired) electrons. The molecular weight excluding hydrogens is 458 g/mol. The van der Waals surface area contributed by atoms with Gasteiger partial charge in [-0.15, -0.1) is 0 Å². The van der Waals surface area contributed by atoms with Gasteiger partial charge in [-0.3, -0.25) is 24.5 Å². The zero-order valence-corrected chi connectivity index (χ0v) is 20.5. The van der Waals surface area contributed by atoms with Gasteiger partial charge in [0.1, 0.15) is 18.4 Å². The number of carbonyl (C=O) groups excluding carboxylic acids is 4. The van der Waals surface area contributed by atoms with Crippen LogP contribution in [0, 0.1) is 0 Å². The van der Waals surface area contributed by atoms with Crippen molar-refractivity contribution in [1.82, 2.24) is 15.1 Å². The van der Waals surface area contributed by atoms with Crippen LogP contribution in [0.25, 0.3) is 0 Å². The van der Waals surface area contributed by atoms with Crippen LogP contribution in [-0.2, 0) is 22.6 Å². The Balaban J connectivity index is 1.26. The van der Waals surface area contributed by atoms with E-state index in [-0.39, 0.29) is 30.2 Å². The average molecular weight is 490 g/mol. The van der Waals surface area contributed by atoms with Crippen molar-refractivity contribution in [2.75, 3.05) is 13.2 Å². The molecule has 5 rings (SSSR count). The van der Waals surface area contributed by atoms with E-state index < -0.39 is 11.9 Å². The minimum absolute atomic E-state index is 0.0222. The Hall–Kier alpha value is -3.68. The van der Waals surface area contributed by atoms with Gasteiger partial charge in [0.05, 0.1) is 6.04 Å². The number of nitrogens with one attached hydrogen (secondary N) is 1. The molecule has 4 amide bonds. The lowest BCUT2D eigenvalue weighted by atomic mass is 9.99. The number of amides is 4. The summed E-state index contributed by atoms with van der Waals surface area (Å²) in [5.41, 5.74) is 3.17. The topological polar surface area (TPSA) is 96.0 Å². The third-order valence-electron chi connectivity index (χ3n) is 7.45. The van der Waals surface area contributed by atoms with E-state index in [2.05, 4.69) is 12.2 Å². The fraction of sp³-hybridized carbons (Fsp3) is 0.429. The molecule has 188 valence electrons. The molecule has 2 aromatic carbocycles. The highest BCUT2D eigenvalue weighted by Crippen LogP contribution is 2.31. The largest absolute Gasteiger partial charge is 0.491 e. The van der Waals surface area contributed by atoms with Crippen LogP contribution in [0.2, 0.25) is 0 Å². The molecule has 2 aromatic rings. The van der Waals surface area contributed by atoms with E-state index >= 15 is 0 Å². The van der Waals surface area contributed by atoms with E-state index in [9.17, 15) is 19.2 Å². The molecule has 0 aromatic heterocycles. The third kappa shape index (κ3) is 4.59. The number of likely N-dealkylation sites (tertiary alicyclic amines) is 1. The molecule has 8 nitrogen and oxygen atoms in total. The molecule has 8 heteroatoms. The molecule has 3 aliphatic rings. The molecule has 0 bridgehead atoms. The van der Waals surface area contributed by atoms with Gasteiger partial charge in [0, 0.05) is 30.6 Å². The quantitative estimate of drug-likeness (QED) is 0.629. The van der Waals surface area contributed by atoms with Gasteiger partial charge in [0.25, 0.3) is 11.8 Å². The summed E-state index contributed by atoms with van der Waals surface area (Å²) in [5, 5.41) is 2.33. The SMILES string of the molecule is CCc1ccccc1C(=O)N1CCCC[C@H]1COc1ccc2c(c1)CN(C1CCC(=O)NC1=O)C2=O. The number of hydrogen-bond donors (Lipinski definition) is 1. The first-order valence-corrected chi connectivity index (χ1v) is 12.8. The summed E-state index contributed by atoms with van der Waals surface area (Å²) >= 11 is 0. The number of rotatable bonds is 6. The second kappa shape index (κ2) is 10.1. The lowest BCUT2D eigenvalue weighted by molar-refractivity contribution is -0.136. The van der Waals surface area contributed by atoms with Crippen LogP contribution in [-0.4, -0.2) is 58.7 Å². The van der Waals surface area contributed by atoms with Crippen LogP contribution < -0.4 is 10.1 Å². The number of piperidine rings is 2. The molecule has 0 saturated carbocycles. The molecule has 0 aliphatic carbocycles. The lowest BCUT2D eigenvalue weighted by Gasteiger charge is -2.36. The lowest BCUT2D eigenvalue weighted by Crippen LogP contribution is -2.52. The minimum Gasteiger partial charge on any atom is -0.491 e. The Morgan fingerprint density at radius 1 is 1.08 bits per heavy atom.